The Kier molecular flexibility index (Phi) is 4.40. The van der Waals surface area contributed by atoms with Crippen LogP contribution in [0, 0.1) is 5.82 Å². The van der Waals surface area contributed by atoms with E-state index in [2.05, 4.69) is 0 Å². The molecule has 0 amide bonds. The minimum atomic E-state index is -0.195. The number of rotatable bonds is 4. The van der Waals surface area contributed by atoms with Crippen LogP contribution in [0.3, 0.4) is 0 Å². The number of nitrogens with zero attached hydrogens (tertiary/aromatic N) is 1. The van der Waals surface area contributed by atoms with Crippen molar-refractivity contribution < 1.29 is 4.39 Å². The van der Waals surface area contributed by atoms with Crippen molar-refractivity contribution in [1.29, 1.82) is 0 Å². The Hall–Kier alpha value is -1.58. The van der Waals surface area contributed by atoms with Crippen LogP contribution in [0.4, 0.5) is 10.1 Å². The summed E-state index contributed by atoms with van der Waals surface area (Å²) in [6.07, 6.45) is 0. The van der Waals surface area contributed by atoms with Gasteiger partial charge in [-0.15, -0.1) is 0 Å². The fourth-order valence-corrected chi connectivity index (χ4v) is 2.16. The molecule has 0 aliphatic rings. The van der Waals surface area contributed by atoms with Gasteiger partial charge < -0.3 is 10.6 Å². The van der Waals surface area contributed by atoms with Crippen LogP contribution in [0.15, 0.2) is 42.5 Å². The number of anilines is 1. The number of hydrogen-bond donors (Lipinski definition) is 1. The highest BCUT2D eigenvalue weighted by atomic mass is 35.5. The van der Waals surface area contributed by atoms with E-state index < -0.39 is 0 Å². The van der Waals surface area contributed by atoms with Crippen molar-refractivity contribution in [3.63, 3.8) is 0 Å². The molecule has 0 fully saturated rings. The van der Waals surface area contributed by atoms with Crippen molar-refractivity contribution in [3.8, 4) is 0 Å². The van der Waals surface area contributed by atoms with E-state index in [0.717, 1.165) is 11.3 Å². The van der Waals surface area contributed by atoms with Gasteiger partial charge in [0.2, 0.25) is 0 Å². The summed E-state index contributed by atoms with van der Waals surface area (Å²) >= 11 is 6.13. The molecule has 2 rings (SSSR count). The molecule has 2 aromatic carbocycles. The Morgan fingerprint density at radius 3 is 2.53 bits per heavy atom. The third-order valence-electron chi connectivity index (χ3n) is 3.06. The Bertz CT molecular complexity index is 572. The Morgan fingerprint density at radius 1 is 1.16 bits per heavy atom. The molecule has 100 valence electrons. The average Bonchev–Trinajstić information content (AvgIpc) is 2.41. The molecule has 2 aromatic rings. The first-order valence-electron chi connectivity index (χ1n) is 6.05. The van der Waals surface area contributed by atoms with Gasteiger partial charge in [0.05, 0.1) is 0 Å². The van der Waals surface area contributed by atoms with E-state index in [1.54, 1.807) is 12.1 Å². The zero-order valence-electron chi connectivity index (χ0n) is 10.7. The summed E-state index contributed by atoms with van der Waals surface area (Å²) in [7, 11) is 1.90. The zero-order valence-corrected chi connectivity index (χ0v) is 11.5. The van der Waals surface area contributed by atoms with Gasteiger partial charge in [0.1, 0.15) is 5.82 Å². The highest BCUT2D eigenvalue weighted by Crippen LogP contribution is 2.24. The molecule has 0 unspecified atom stereocenters. The fraction of sp³-hybridized carbons (Fsp3) is 0.200. The maximum atomic E-state index is 13.6. The largest absolute Gasteiger partial charge is 0.370 e. The molecule has 2 N–H and O–H groups in total. The molecule has 0 atom stereocenters. The van der Waals surface area contributed by atoms with E-state index >= 15 is 0 Å². The molecule has 0 radical (unpaired) electrons. The summed E-state index contributed by atoms with van der Waals surface area (Å²) in [4.78, 5) is 1.95. The molecule has 0 aromatic heterocycles. The van der Waals surface area contributed by atoms with Gasteiger partial charge in [0.25, 0.3) is 0 Å². The average molecular weight is 279 g/mol. The third-order valence-corrected chi connectivity index (χ3v) is 3.41. The van der Waals surface area contributed by atoms with Gasteiger partial charge in [0, 0.05) is 36.4 Å². The molecular weight excluding hydrogens is 263 g/mol. The second kappa shape index (κ2) is 6.04. The van der Waals surface area contributed by atoms with Crippen molar-refractivity contribution in [2.75, 3.05) is 11.9 Å². The van der Waals surface area contributed by atoms with Gasteiger partial charge >= 0.3 is 0 Å². The molecule has 0 saturated carbocycles. The van der Waals surface area contributed by atoms with Gasteiger partial charge in [-0.05, 0) is 23.8 Å². The quantitative estimate of drug-likeness (QED) is 0.926. The Balaban J connectivity index is 2.18. The number of hydrogen-bond acceptors (Lipinski definition) is 2. The summed E-state index contributed by atoms with van der Waals surface area (Å²) in [6, 6.07) is 12.5. The maximum absolute atomic E-state index is 13.6. The number of nitrogens with two attached hydrogens (primary N) is 1. The minimum Gasteiger partial charge on any atom is -0.370 e. The normalized spacial score (nSPS) is 10.5. The lowest BCUT2D eigenvalue weighted by Crippen LogP contribution is -2.17. The van der Waals surface area contributed by atoms with Crippen molar-refractivity contribution in [2.45, 2.75) is 13.1 Å². The Labute approximate surface area is 117 Å². The molecule has 0 spiro atoms. The van der Waals surface area contributed by atoms with Crippen LogP contribution in [-0.4, -0.2) is 7.05 Å². The smallest absolute Gasteiger partial charge is 0.128 e. The summed E-state index contributed by atoms with van der Waals surface area (Å²) in [5.74, 6) is -0.195. The lowest BCUT2D eigenvalue weighted by Gasteiger charge is -2.20. The molecule has 4 heteroatoms. The molecule has 0 bridgehead atoms. The van der Waals surface area contributed by atoms with E-state index in [1.165, 1.54) is 6.07 Å². The fourth-order valence-electron chi connectivity index (χ4n) is 1.91. The van der Waals surface area contributed by atoms with Crippen LogP contribution in [0.1, 0.15) is 11.1 Å². The molecule has 0 aliphatic carbocycles. The van der Waals surface area contributed by atoms with E-state index in [1.807, 2.05) is 36.2 Å². The van der Waals surface area contributed by atoms with Crippen molar-refractivity contribution in [3.05, 3.63) is 64.4 Å². The molecule has 0 heterocycles. The molecule has 0 aliphatic heterocycles. The van der Waals surface area contributed by atoms with Gasteiger partial charge in [0.15, 0.2) is 0 Å². The van der Waals surface area contributed by atoms with Crippen LogP contribution in [0.5, 0.6) is 0 Å². The van der Waals surface area contributed by atoms with E-state index in [9.17, 15) is 4.39 Å². The predicted octanol–water partition coefficient (Wildman–Crippen LogP) is 3.57. The summed E-state index contributed by atoms with van der Waals surface area (Å²) < 4.78 is 13.6. The van der Waals surface area contributed by atoms with Gasteiger partial charge in [-0.2, -0.15) is 0 Å². The summed E-state index contributed by atoms with van der Waals surface area (Å²) in [5, 5.41) is 0.639. The highest BCUT2D eigenvalue weighted by molar-refractivity contribution is 6.31. The van der Waals surface area contributed by atoms with Crippen molar-refractivity contribution in [1.82, 2.24) is 0 Å². The molecule has 2 nitrogen and oxygen atoms in total. The van der Waals surface area contributed by atoms with E-state index in [4.69, 9.17) is 17.3 Å². The van der Waals surface area contributed by atoms with Crippen LogP contribution in [0.25, 0.3) is 0 Å². The zero-order chi connectivity index (χ0) is 13.8. The monoisotopic (exact) mass is 278 g/mol. The molecule has 19 heavy (non-hydrogen) atoms. The van der Waals surface area contributed by atoms with Gasteiger partial charge in [-0.3, -0.25) is 0 Å². The SMILES string of the molecule is CN(Cc1ccccc1F)c1ccc(CN)c(Cl)c1. The summed E-state index contributed by atoms with van der Waals surface area (Å²) in [6.45, 7) is 0.904. The topological polar surface area (TPSA) is 29.3 Å². The highest BCUT2D eigenvalue weighted by Gasteiger charge is 2.08. The minimum absolute atomic E-state index is 0.195. The second-order valence-electron chi connectivity index (χ2n) is 4.43. The second-order valence-corrected chi connectivity index (χ2v) is 4.83. The van der Waals surface area contributed by atoms with E-state index in [0.29, 0.717) is 23.7 Å². The third kappa shape index (κ3) is 3.25. The first-order chi connectivity index (χ1) is 9.11. The molecular formula is C15H16ClFN2. The van der Waals surface area contributed by atoms with Crippen molar-refractivity contribution in [2.24, 2.45) is 5.73 Å². The van der Waals surface area contributed by atoms with Crippen LogP contribution in [0.2, 0.25) is 5.02 Å². The first kappa shape index (κ1) is 13.8. The number of halogens is 2. The maximum Gasteiger partial charge on any atom is 0.128 e. The van der Waals surface area contributed by atoms with Crippen molar-refractivity contribution >= 4 is 17.3 Å². The lowest BCUT2D eigenvalue weighted by atomic mass is 10.1. The lowest BCUT2D eigenvalue weighted by molar-refractivity contribution is 0.608. The summed E-state index contributed by atoms with van der Waals surface area (Å²) in [5.41, 5.74) is 8.07. The van der Waals surface area contributed by atoms with Crippen LogP contribution in [-0.2, 0) is 13.1 Å². The van der Waals surface area contributed by atoms with Gasteiger partial charge in [-0.25, -0.2) is 4.39 Å². The first-order valence-corrected chi connectivity index (χ1v) is 6.42. The number of benzene rings is 2. The van der Waals surface area contributed by atoms with Crippen LogP contribution < -0.4 is 10.6 Å². The molecule has 0 saturated heterocycles. The van der Waals surface area contributed by atoms with Crippen LogP contribution >= 0.6 is 11.6 Å². The Morgan fingerprint density at radius 2 is 1.89 bits per heavy atom. The predicted molar refractivity (Wildman–Crippen MR) is 77.9 cm³/mol. The van der Waals surface area contributed by atoms with E-state index in [-0.39, 0.29) is 5.82 Å². The van der Waals surface area contributed by atoms with Gasteiger partial charge in [-0.1, -0.05) is 35.9 Å². The standard InChI is InChI=1S/C15H16ClFN2/c1-19(10-12-4-2-3-5-15(12)17)13-7-6-11(9-18)14(16)8-13/h2-8H,9-10,18H2,1H3.